The zero-order chi connectivity index (χ0) is 15.5. The fourth-order valence-electron chi connectivity index (χ4n) is 2.22. The van der Waals surface area contributed by atoms with E-state index in [2.05, 4.69) is 5.32 Å². The molecular formula is C17H15ClN2O2. The van der Waals surface area contributed by atoms with E-state index in [9.17, 15) is 4.79 Å². The van der Waals surface area contributed by atoms with Crippen molar-refractivity contribution in [2.75, 3.05) is 11.9 Å². The molecule has 3 rings (SSSR count). The lowest BCUT2D eigenvalue weighted by Gasteiger charge is -2.08. The summed E-state index contributed by atoms with van der Waals surface area (Å²) in [5, 5.41) is 4.60. The van der Waals surface area contributed by atoms with Crippen molar-refractivity contribution < 1.29 is 9.53 Å². The molecule has 1 heterocycles. The molecule has 0 aliphatic carbocycles. The molecule has 2 aromatic carbocycles. The van der Waals surface area contributed by atoms with Gasteiger partial charge in [-0.2, -0.15) is 0 Å². The predicted octanol–water partition coefficient (Wildman–Crippen LogP) is 3.85. The van der Waals surface area contributed by atoms with Crippen LogP contribution in [0.3, 0.4) is 0 Å². The van der Waals surface area contributed by atoms with Crippen molar-refractivity contribution in [3.05, 3.63) is 59.8 Å². The molecule has 3 aromatic rings. The van der Waals surface area contributed by atoms with Crippen LogP contribution in [0.4, 0.5) is 5.69 Å². The molecule has 0 aliphatic heterocycles. The molecule has 0 unspecified atom stereocenters. The van der Waals surface area contributed by atoms with Crippen LogP contribution < -0.4 is 10.1 Å². The van der Waals surface area contributed by atoms with Gasteiger partial charge in [0.05, 0.1) is 0 Å². The summed E-state index contributed by atoms with van der Waals surface area (Å²) in [5.74, 6) is 0.404. The minimum atomic E-state index is -0.205. The van der Waals surface area contributed by atoms with Crippen LogP contribution in [0.25, 0.3) is 10.9 Å². The molecule has 0 spiro atoms. The number of aryl methyl sites for hydroxylation is 1. The fourth-order valence-corrected chi connectivity index (χ4v) is 2.34. The van der Waals surface area contributed by atoms with Gasteiger partial charge in [0.25, 0.3) is 5.91 Å². The Hall–Kier alpha value is -2.46. The number of aromatic nitrogens is 1. The standard InChI is InChI=1S/C17H15ClN2O2/c1-20-9-8-12-2-5-14(10-16(12)20)19-17(21)11-22-15-6-3-13(18)4-7-15/h2-10H,11H2,1H3,(H,19,21). The van der Waals surface area contributed by atoms with Crippen molar-refractivity contribution in [2.45, 2.75) is 0 Å². The average Bonchev–Trinajstić information content (AvgIpc) is 2.88. The van der Waals surface area contributed by atoms with E-state index in [1.54, 1.807) is 24.3 Å². The third-order valence-electron chi connectivity index (χ3n) is 3.36. The average molecular weight is 315 g/mol. The number of hydrogen-bond acceptors (Lipinski definition) is 2. The second-order valence-corrected chi connectivity index (χ2v) is 5.43. The lowest BCUT2D eigenvalue weighted by Crippen LogP contribution is -2.20. The summed E-state index contributed by atoms with van der Waals surface area (Å²) < 4.78 is 7.42. The molecule has 1 N–H and O–H groups in total. The maximum atomic E-state index is 11.9. The number of carbonyl (C=O) groups excluding carboxylic acids is 1. The van der Waals surface area contributed by atoms with Crippen LogP contribution in [0.1, 0.15) is 0 Å². The first kappa shape index (κ1) is 14.5. The van der Waals surface area contributed by atoms with E-state index in [1.165, 1.54) is 0 Å². The molecule has 1 amide bonds. The highest BCUT2D eigenvalue weighted by Gasteiger charge is 2.06. The minimum absolute atomic E-state index is 0.0488. The summed E-state index contributed by atoms with van der Waals surface area (Å²) in [6.07, 6.45) is 1.99. The van der Waals surface area contributed by atoms with Gasteiger partial charge in [-0.3, -0.25) is 4.79 Å². The Kier molecular flexibility index (Phi) is 4.02. The zero-order valence-corrected chi connectivity index (χ0v) is 12.8. The first-order valence-electron chi connectivity index (χ1n) is 6.85. The van der Waals surface area contributed by atoms with Gasteiger partial charge in [0.2, 0.25) is 0 Å². The normalized spacial score (nSPS) is 10.6. The first-order chi connectivity index (χ1) is 10.6. The highest BCUT2D eigenvalue weighted by atomic mass is 35.5. The van der Waals surface area contributed by atoms with Crippen molar-refractivity contribution in [1.29, 1.82) is 0 Å². The van der Waals surface area contributed by atoms with Crippen LogP contribution in [0, 0.1) is 0 Å². The van der Waals surface area contributed by atoms with E-state index in [4.69, 9.17) is 16.3 Å². The number of nitrogens with one attached hydrogen (secondary N) is 1. The van der Waals surface area contributed by atoms with Gasteiger partial charge in [0.15, 0.2) is 6.61 Å². The van der Waals surface area contributed by atoms with Gasteiger partial charge in [0, 0.05) is 29.5 Å². The molecule has 22 heavy (non-hydrogen) atoms. The number of amides is 1. The van der Waals surface area contributed by atoms with E-state index in [0.29, 0.717) is 10.8 Å². The molecule has 112 valence electrons. The van der Waals surface area contributed by atoms with Crippen LogP contribution >= 0.6 is 11.6 Å². The number of halogens is 1. The minimum Gasteiger partial charge on any atom is -0.484 e. The molecule has 0 atom stereocenters. The van der Waals surface area contributed by atoms with Gasteiger partial charge < -0.3 is 14.6 Å². The van der Waals surface area contributed by atoms with Crippen molar-refractivity contribution >= 4 is 34.1 Å². The summed E-state index contributed by atoms with van der Waals surface area (Å²) in [5.41, 5.74) is 1.82. The third kappa shape index (κ3) is 3.23. The van der Waals surface area contributed by atoms with Crippen molar-refractivity contribution in [3.63, 3.8) is 0 Å². The van der Waals surface area contributed by atoms with E-state index >= 15 is 0 Å². The van der Waals surface area contributed by atoms with Crippen molar-refractivity contribution in [2.24, 2.45) is 7.05 Å². The number of rotatable bonds is 4. The number of carbonyl (C=O) groups is 1. The summed E-state index contributed by atoms with van der Waals surface area (Å²) in [6.45, 7) is -0.0488. The summed E-state index contributed by atoms with van der Waals surface area (Å²) in [6, 6.07) is 14.7. The smallest absolute Gasteiger partial charge is 0.262 e. The molecule has 0 bridgehead atoms. The number of anilines is 1. The number of fused-ring (bicyclic) bond motifs is 1. The van der Waals surface area contributed by atoms with Gasteiger partial charge in [-0.25, -0.2) is 0 Å². The highest BCUT2D eigenvalue weighted by Crippen LogP contribution is 2.20. The molecule has 0 aliphatic rings. The van der Waals surface area contributed by atoms with Gasteiger partial charge in [-0.1, -0.05) is 17.7 Å². The lowest BCUT2D eigenvalue weighted by molar-refractivity contribution is -0.118. The third-order valence-corrected chi connectivity index (χ3v) is 3.61. The molecule has 0 fully saturated rings. The Balaban J connectivity index is 1.62. The Bertz CT molecular complexity index is 809. The fraction of sp³-hybridized carbons (Fsp3) is 0.118. The van der Waals surface area contributed by atoms with E-state index in [-0.39, 0.29) is 12.5 Å². The van der Waals surface area contributed by atoms with E-state index in [0.717, 1.165) is 16.6 Å². The zero-order valence-electron chi connectivity index (χ0n) is 12.0. The second kappa shape index (κ2) is 6.12. The van der Waals surface area contributed by atoms with Crippen molar-refractivity contribution in [1.82, 2.24) is 4.57 Å². The number of ether oxygens (including phenoxy) is 1. The molecule has 0 saturated heterocycles. The molecule has 0 saturated carbocycles. The van der Waals surface area contributed by atoms with E-state index < -0.39 is 0 Å². The number of benzene rings is 2. The first-order valence-corrected chi connectivity index (χ1v) is 7.23. The summed E-state index contributed by atoms with van der Waals surface area (Å²) in [7, 11) is 1.97. The lowest BCUT2D eigenvalue weighted by atomic mass is 10.2. The summed E-state index contributed by atoms with van der Waals surface area (Å²) in [4.78, 5) is 11.9. The number of nitrogens with zero attached hydrogens (tertiary/aromatic N) is 1. The molecule has 1 aromatic heterocycles. The van der Waals surface area contributed by atoms with Gasteiger partial charge in [-0.05, 0) is 47.9 Å². The van der Waals surface area contributed by atoms with Crippen LogP contribution in [-0.4, -0.2) is 17.1 Å². The maximum absolute atomic E-state index is 11.9. The maximum Gasteiger partial charge on any atom is 0.262 e. The van der Waals surface area contributed by atoms with Crippen LogP contribution in [-0.2, 0) is 11.8 Å². The van der Waals surface area contributed by atoms with Crippen molar-refractivity contribution in [3.8, 4) is 5.75 Å². The monoisotopic (exact) mass is 314 g/mol. The number of hydrogen-bond donors (Lipinski definition) is 1. The summed E-state index contributed by atoms with van der Waals surface area (Å²) >= 11 is 5.80. The van der Waals surface area contributed by atoms with E-state index in [1.807, 2.05) is 42.1 Å². The van der Waals surface area contributed by atoms with Crippen LogP contribution in [0.15, 0.2) is 54.7 Å². The van der Waals surface area contributed by atoms with Crippen LogP contribution in [0.5, 0.6) is 5.75 Å². The Morgan fingerprint density at radius 2 is 1.95 bits per heavy atom. The molecule has 0 radical (unpaired) electrons. The van der Waals surface area contributed by atoms with Gasteiger partial charge in [-0.15, -0.1) is 0 Å². The predicted molar refractivity (Wildman–Crippen MR) is 88.5 cm³/mol. The Morgan fingerprint density at radius 3 is 2.73 bits per heavy atom. The SMILES string of the molecule is Cn1ccc2ccc(NC(=O)COc3ccc(Cl)cc3)cc21. The molecule has 5 heteroatoms. The van der Waals surface area contributed by atoms with Gasteiger partial charge >= 0.3 is 0 Å². The Morgan fingerprint density at radius 1 is 1.18 bits per heavy atom. The largest absolute Gasteiger partial charge is 0.484 e. The second-order valence-electron chi connectivity index (χ2n) is 4.99. The molecule has 4 nitrogen and oxygen atoms in total. The van der Waals surface area contributed by atoms with Gasteiger partial charge in [0.1, 0.15) is 5.75 Å². The topological polar surface area (TPSA) is 43.3 Å². The van der Waals surface area contributed by atoms with Crippen LogP contribution in [0.2, 0.25) is 5.02 Å². The quantitative estimate of drug-likeness (QED) is 0.795. The molecular weight excluding hydrogens is 300 g/mol. The Labute approximate surface area is 133 Å². The highest BCUT2D eigenvalue weighted by molar-refractivity contribution is 6.30.